The summed E-state index contributed by atoms with van der Waals surface area (Å²) in [5.41, 5.74) is 4.07. The molecule has 0 radical (unpaired) electrons. The Balaban J connectivity index is 1.61. The molecule has 3 rings (SSSR count). The van der Waals surface area contributed by atoms with Crippen molar-refractivity contribution in [3.63, 3.8) is 0 Å². The zero-order valence-corrected chi connectivity index (χ0v) is 17.8. The van der Waals surface area contributed by atoms with E-state index in [0.29, 0.717) is 25.7 Å². The summed E-state index contributed by atoms with van der Waals surface area (Å²) in [4.78, 5) is 44.6. The summed E-state index contributed by atoms with van der Waals surface area (Å²) in [6, 6.07) is 2.55. The van der Waals surface area contributed by atoms with Crippen molar-refractivity contribution in [3.05, 3.63) is 46.5 Å². The van der Waals surface area contributed by atoms with Gasteiger partial charge in [-0.15, -0.1) is 0 Å². The lowest BCUT2D eigenvalue weighted by Crippen LogP contribution is -2.41. The molecule has 0 saturated heterocycles. The first-order valence-electron chi connectivity index (χ1n) is 9.77. The Bertz CT molecular complexity index is 1030. The van der Waals surface area contributed by atoms with Gasteiger partial charge in [0, 0.05) is 19.0 Å². The van der Waals surface area contributed by atoms with Gasteiger partial charge in [0.1, 0.15) is 5.69 Å². The molecule has 0 aliphatic heterocycles. The van der Waals surface area contributed by atoms with Crippen molar-refractivity contribution in [1.29, 1.82) is 0 Å². The molecule has 0 unspecified atom stereocenters. The quantitative estimate of drug-likeness (QED) is 0.618. The van der Waals surface area contributed by atoms with Crippen LogP contribution in [-0.4, -0.2) is 45.7 Å². The average molecular weight is 472 g/mol. The lowest BCUT2D eigenvalue weighted by atomic mass is 9.84. The van der Waals surface area contributed by atoms with E-state index in [4.69, 9.17) is 17.3 Å². The number of nitrogens with zero attached hydrogens (tertiary/aromatic N) is 2. The number of aromatic nitrogens is 2. The predicted molar refractivity (Wildman–Crippen MR) is 110 cm³/mol. The van der Waals surface area contributed by atoms with Gasteiger partial charge < -0.3 is 20.9 Å². The minimum Gasteiger partial charge on any atom is -0.364 e. The van der Waals surface area contributed by atoms with Crippen LogP contribution >= 0.6 is 11.6 Å². The highest BCUT2D eigenvalue weighted by Gasteiger charge is 2.33. The van der Waals surface area contributed by atoms with Crippen molar-refractivity contribution in [2.75, 3.05) is 12.4 Å². The number of rotatable bonds is 5. The van der Waals surface area contributed by atoms with Crippen molar-refractivity contribution >= 4 is 35.0 Å². The number of halogens is 4. The third-order valence-electron chi connectivity index (χ3n) is 5.57. The Hall–Kier alpha value is -3.08. The van der Waals surface area contributed by atoms with Crippen LogP contribution in [0, 0.1) is 5.92 Å². The van der Waals surface area contributed by atoms with Crippen molar-refractivity contribution in [3.8, 4) is 0 Å². The fourth-order valence-corrected chi connectivity index (χ4v) is 3.91. The van der Waals surface area contributed by atoms with E-state index in [1.807, 2.05) is 0 Å². The van der Waals surface area contributed by atoms with Crippen LogP contribution in [0.15, 0.2) is 24.5 Å². The first kappa shape index (κ1) is 23.6. The number of H-pyrrole nitrogens is 1. The van der Waals surface area contributed by atoms with Gasteiger partial charge in [0.2, 0.25) is 5.91 Å². The van der Waals surface area contributed by atoms with Gasteiger partial charge in [0.05, 0.1) is 22.6 Å². The molecular weight excluding hydrogens is 451 g/mol. The third-order valence-corrected chi connectivity index (χ3v) is 5.90. The van der Waals surface area contributed by atoms with Crippen LogP contribution in [0.4, 0.5) is 18.9 Å². The molecule has 1 aromatic carbocycles. The smallest absolute Gasteiger partial charge is 0.364 e. The topological polar surface area (TPSA) is 121 Å². The van der Waals surface area contributed by atoms with Gasteiger partial charge >= 0.3 is 6.18 Å². The van der Waals surface area contributed by atoms with Crippen LogP contribution in [0.25, 0.3) is 0 Å². The summed E-state index contributed by atoms with van der Waals surface area (Å²) in [7, 11) is 1.58. The Morgan fingerprint density at radius 3 is 2.47 bits per heavy atom. The molecule has 0 spiro atoms. The molecule has 3 amide bonds. The molecule has 172 valence electrons. The normalized spacial score (nSPS) is 18.8. The van der Waals surface area contributed by atoms with Crippen molar-refractivity contribution in [2.45, 2.75) is 37.9 Å². The van der Waals surface area contributed by atoms with Crippen LogP contribution in [0.1, 0.15) is 52.2 Å². The maximum Gasteiger partial charge on any atom is 0.416 e. The largest absolute Gasteiger partial charge is 0.416 e. The zero-order chi connectivity index (χ0) is 23.6. The number of benzene rings is 1. The standard InChI is InChI=1S/C20H21ClF3N5O3/c1-29(19(32)16-15(17(25)30)26-9-27-16)12-5-2-10(3-6-12)18(31)28-14-8-11(20(22,23)24)4-7-13(14)21/h4,7-10,12H,2-3,5-6H2,1H3,(H2,25,30)(H,26,27)(H,28,31). The Morgan fingerprint density at radius 1 is 1.22 bits per heavy atom. The van der Waals surface area contributed by atoms with Gasteiger partial charge in [0.25, 0.3) is 11.8 Å². The third kappa shape index (κ3) is 5.04. The summed E-state index contributed by atoms with van der Waals surface area (Å²) in [6.07, 6.45) is -1.50. The number of amides is 3. The van der Waals surface area contributed by atoms with Gasteiger partial charge in [-0.05, 0) is 43.9 Å². The maximum atomic E-state index is 12.9. The van der Waals surface area contributed by atoms with Crippen LogP contribution in [-0.2, 0) is 11.0 Å². The minimum atomic E-state index is -4.55. The molecule has 32 heavy (non-hydrogen) atoms. The number of carbonyl (C=O) groups excluding carboxylic acids is 3. The summed E-state index contributed by atoms with van der Waals surface area (Å²) in [5, 5.41) is 2.49. The SMILES string of the molecule is CN(C(=O)c1[nH]cnc1C(N)=O)C1CCC(C(=O)Nc2cc(C(F)(F)F)ccc2Cl)CC1. The maximum absolute atomic E-state index is 12.9. The molecule has 1 aliphatic carbocycles. The number of primary amides is 1. The summed E-state index contributed by atoms with van der Waals surface area (Å²) < 4.78 is 38.8. The second kappa shape index (κ2) is 9.19. The molecule has 1 fully saturated rings. The first-order valence-corrected chi connectivity index (χ1v) is 10.1. The molecule has 2 aromatic rings. The lowest BCUT2D eigenvalue weighted by Gasteiger charge is -2.34. The van der Waals surface area contributed by atoms with Crippen LogP contribution in [0.3, 0.4) is 0 Å². The molecular formula is C20H21ClF3N5O3. The van der Waals surface area contributed by atoms with Gasteiger partial charge in [-0.25, -0.2) is 4.98 Å². The highest BCUT2D eigenvalue weighted by atomic mass is 35.5. The molecule has 1 aliphatic rings. The van der Waals surface area contributed by atoms with E-state index < -0.39 is 35.4 Å². The number of anilines is 1. The van der Waals surface area contributed by atoms with E-state index >= 15 is 0 Å². The molecule has 4 N–H and O–H groups in total. The van der Waals surface area contributed by atoms with E-state index in [1.165, 1.54) is 11.2 Å². The fourth-order valence-electron chi connectivity index (χ4n) is 3.74. The Labute approximate surface area is 186 Å². The monoisotopic (exact) mass is 471 g/mol. The zero-order valence-electron chi connectivity index (χ0n) is 17.0. The molecule has 8 nitrogen and oxygen atoms in total. The van der Waals surface area contributed by atoms with Gasteiger partial charge in [0.15, 0.2) is 5.69 Å². The number of nitrogens with two attached hydrogens (primary N) is 1. The highest BCUT2D eigenvalue weighted by molar-refractivity contribution is 6.33. The molecule has 0 atom stereocenters. The van der Waals surface area contributed by atoms with Crippen molar-refractivity contribution in [2.24, 2.45) is 11.7 Å². The Kier molecular flexibility index (Phi) is 6.77. The van der Waals surface area contributed by atoms with Gasteiger partial charge in [-0.3, -0.25) is 14.4 Å². The fraction of sp³-hybridized carbons (Fsp3) is 0.400. The molecule has 12 heteroatoms. The number of imidazole rings is 1. The molecule has 1 aromatic heterocycles. The number of carbonyl (C=O) groups is 3. The number of hydrogen-bond acceptors (Lipinski definition) is 4. The lowest BCUT2D eigenvalue weighted by molar-refractivity contribution is -0.137. The summed E-state index contributed by atoms with van der Waals surface area (Å²) in [6.45, 7) is 0. The number of aromatic amines is 1. The molecule has 1 heterocycles. The van der Waals surface area contributed by atoms with E-state index in [1.54, 1.807) is 7.05 Å². The highest BCUT2D eigenvalue weighted by Crippen LogP contribution is 2.35. The second-order valence-corrected chi connectivity index (χ2v) is 8.00. The van der Waals surface area contributed by atoms with E-state index in [9.17, 15) is 27.6 Å². The number of alkyl halides is 3. The Morgan fingerprint density at radius 2 is 1.88 bits per heavy atom. The summed E-state index contributed by atoms with van der Waals surface area (Å²) >= 11 is 5.95. The van der Waals surface area contributed by atoms with E-state index in [0.717, 1.165) is 18.2 Å². The average Bonchev–Trinajstić information content (AvgIpc) is 3.24. The number of hydrogen-bond donors (Lipinski definition) is 3. The van der Waals surface area contributed by atoms with Crippen molar-refractivity contribution < 1.29 is 27.6 Å². The first-order chi connectivity index (χ1) is 15.0. The van der Waals surface area contributed by atoms with Crippen LogP contribution in [0.2, 0.25) is 5.02 Å². The summed E-state index contributed by atoms with van der Waals surface area (Å²) in [5.74, 6) is -2.13. The predicted octanol–water partition coefficient (Wildman–Crippen LogP) is 3.45. The van der Waals surface area contributed by atoms with E-state index in [2.05, 4.69) is 15.3 Å². The number of nitrogens with one attached hydrogen (secondary N) is 2. The second-order valence-electron chi connectivity index (χ2n) is 7.59. The van der Waals surface area contributed by atoms with Gasteiger partial charge in [-0.1, -0.05) is 11.6 Å². The van der Waals surface area contributed by atoms with Crippen LogP contribution in [0.5, 0.6) is 0 Å². The van der Waals surface area contributed by atoms with Gasteiger partial charge in [-0.2, -0.15) is 13.2 Å². The molecule has 1 saturated carbocycles. The van der Waals surface area contributed by atoms with Crippen LogP contribution < -0.4 is 11.1 Å². The minimum absolute atomic E-state index is 0.000875. The van der Waals surface area contributed by atoms with E-state index in [-0.39, 0.29) is 28.1 Å². The van der Waals surface area contributed by atoms with Crippen molar-refractivity contribution in [1.82, 2.24) is 14.9 Å². The molecule has 0 bridgehead atoms.